The Kier molecular flexibility index (Phi) is 6.37. The van der Waals surface area contributed by atoms with E-state index in [0.717, 1.165) is 25.2 Å². The Morgan fingerprint density at radius 1 is 1.12 bits per heavy atom. The molecule has 5 heteroatoms. The molecule has 1 aromatic carbocycles. The molecule has 2 amide bonds. The van der Waals surface area contributed by atoms with E-state index in [0.29, 0.717) is 19.0 Å². The van der Waals surface area contributed by atoms with Crippen molar-refractivity contribution in [2.75, 3.05) is 31.5 Å². The van der Waals surface area contributed by atoms with E-state index in [9.17, 15) is 9.59 Å². The average molecular weight is 331 g/mol. The highest BCUT2D eigenvalue weighted by Gasteiger charge is 2.26. The Morgan fingerprint density at radius 2 is 1.75 bits per heavy atom. The normalized spacial score (nSPS) is 18.1. The van der Waals surface area contributed by atoms with Crippen LogP contribution in [0, 0.1) is 0 Å². The molecule has 0 spiro atoms. The molecule has 0 bridgehead atoms. The SMILES string of the molecule is CC[C@H](C)c1ccccc1NC(=O)[C@@H](C)N1CCN(C(C)=O)CC1. The summed E-state index contributed by atoms with van der Waals surface area (Å²) in [5.41, 5.74) is 2.09. The molecule has 1 saturated heterocycles. The maximum absolute atomic E-state index is 12.7. The number of rotatable bonds is 5. The fraction of sp³-hybridized carbons (Fsp3) is 0.579. The van der Waals surface area contributed by atoms with Crippen molar-refractivity contribution in [3.05, 3.63) is 29.8 Å². The van der Waals surface area contributed by atoms with Gasteiger partial charge >= 0.3 is 0 Å². The van der Waals surface area contributed by atoms with Crippen molar-refractivity contribution >= 4 is 17.5 Å². The second-order valence-corrected chi connectivity index (χ2v) is 6.60. The van der Waals surface area contributed by atoms with E-state index in [1.165, 1.54) is 5.56 Å². The van der Waals surface area contributed by atoms with Crippen LogP contribution in [0.15, 0.2) is 24.3 Å². The minimum absolute atomic E-state index is 0.0158. The average Bonchev–Trinajstić information content (AvgIpc) is 2.60. The lowest BCUT2D eigenvalue weighted by Gasteiger charge is -2.37. The number of hydrogen-bond acceptors (Lipinski definition) is 3. The highest BCUT2D eigenvalue weighted by molar-refractivity contribution is 5.95. The smallest absolute Gasteiger partial charge is 0.241 e. The van der Waals surface area contributed by atoms with Crippen LogP contribution in [0.4, 0.5) is 5.69 Å². The fourth-order valence-corrected chi connectivity index (χ4v) is 3.09. The van der Waals surface area contributed by atoms with Gasteiger partial charge in [-0.3, -0.25) is 14.5 Å². The highest BCUT2D eigenvalue weighted by atomic mass is 16.2. The Hall–Kier alpha value is -1.88. The Balaban J connectivity index is 1.99. The van der Waals surface area contributed by atoms with Gasteiger partial charge in [0.15, 0.2) is 0 Å². The third kappa shape index (κ3) is 4.35. The number of hydrogen-bond donors (Lipinski definition) is 1. The highest BCUT2D eigenvalue weighted by Crippen LogP contribution is 2.26. The summed E-state index contributed by atoms with van der Waals surface area (Å²) in [6, 6.07) is 7.82. The minimum Gasteiger partial charge on any atom is -0.340 e. The van der Waals surface area contributed by atoms with Crippen LogP contribution in [0.2, 0.25) is 0 Å². The van der Waals surface area contributed by atoms with E-state index in [-0.39, 0.29) is 17.9 Å². The fourth-order valence-electron chi connectivity index (χ4n) is 3.09. The summed E-state index contributed by atoms with van der Waals surface area (Å²) in [7, 11) is 0. The zero-order valence-corrected chi connectivity index (χ0v) is 15.2. The number of benzene rings is 1. The Bertz CT molecular complexity index is 580. The van der Waals surface area contributed by atoms with E-state index in [1.807, 2.05) is 30.0 Å². The second kappa shape index (κ2) is 8.29. The molecule has 1 aliphatic rings. The molecule has 1 aromatic rings. The van der Waals surface area contributed by atoms with Crippen LogP contribution >= 0.6 is 0 Å². The number of amides is 2. The predicted octanol–water partition coefficient (Wildman–Crippen LogP) is 2.69. The van der Waals surface area contributed by atoms with E-state index < -0.39 is 0 Å². The maximum atomic E-state index is 12.7. The second-order valence-electron chi connectivity index (χ2n) is 6.60. The van der Waals surface area contributed by atoms with Gasteiger partial charge in [0.1, 0.15) is 0 Å². The predicted molar refractivity (Wildman–Crippen MR) is 97.1 cm³/mol. The van der Waals surface area contributed by atoms with Crippen molar-refractivity contribution in [3.63, 3.8) is 0 Å². The van der Waals surface area contributed by atoms with Crippen LogP contribution < -0.4 is 5.32 Å². The Morgan fingerprint density at radius 3 is 2.33 bits per heavy atom. The van der Waals surface area contributed by atoms with Gasteiger partial charge in [0, 0.05) is 38.8 Å². The summed E-state index contributed by atoms with van der Waals surface area (Å²) in [6.07, 6.45) is 1.04. The third-order valence-corrected chi connectivity index (χ3v) is 5.05. The van der Waals surface area contributed by atoms with Crippen LogP contribution in [-0.4, -0.2) is 53.8 Å². The zero-order valence-electron chi connectivity index (χ0n) is 15.2. The number of carbonyl (C=O) groups is 2. The van der Waals surface area contributed by atoms with Crippen LogP contribution in [0.5, 0.6) is 0 Å². The van der Waals surface area contributed by atoms with Gasteiger partial charge in [0.2, 0.25) is 11.8 Å². The topological polar surface area (TPSA) is 52.7 Å². The first-order valence-electron chi connectivity index (χ1n) is 8.83. The zero-order chi connectivity index (χ0) is 17.7. The quantitative estimate of drug-likeness (QED) is 0.902. The van der Waals surface area contributed by atoms with E-state index in [2.05, 4.69) is 30.1 Å². The van der Waals surface area contributed by atoms with E-state index >= 15 is 0 Å². The summed E-state index contributed by atoms with van der Waals surface area (Å²) in [6.45, 7) is 10.7. The minimum atomic E-state index is -0.205. The molecule has 2 atom stereocenters. The molecule has 2 rings (SSSR count). The molecule has 0 unspecified atom stereocenters. The molecule has 24 heavy (non-hydrogen) atoms. The van der Waals surface area contributed by atoms with Crippen LogP contribution in [0.25, 0.3) is 0 Å². The number of piperazine rings is 1. The first-order chi connectivity index (χ1) is 11.4. The number of para-hydroxylation sites is 1. The molecule has 1 aliphatic heterocycles. The van der Waals surface area contributed by atoms with Crippen LogP contribution in [-0.2, 0) is 9.59 Å². The van der Waals surface area contributed by atoms with Gasteiger partial charge in [-0.05, 0) is 30.9 Å². The molecule has 5 nitrogen and oxygen atoms in total. The van der Waals surface area contributed by atoms with Crippen LogP contribution in [0.3, 0.4) is 0 Å². The van der Waals surface area contributed by atoms with Gasteiger partial charge < -0.3 is 10.2 Å². The lowest BCUT2D eigenvalue weighted by molar-refractivity contribution is -0.131. The molecule has 0 saturated carbocycles. The summed E-state index contributed by atoms with van der Waals surface area (Å²) in [4.78, 5) is 28.0. The summed E-state index contributed by atoms with van der Waals surface area (Å²) < 4.78 is 0. The van der Waals surface area contributed by atoms with Crippen molar-refractivity contribution in [3.8, 4) is 0 Å². The summed E-state index contributed by atoms with van der Waals surface area (Å²) >= 11 is 0. The maximum Gasteiger partial charge on any atom is 0.241 e. The molecule has 1 N–H and O–H groups in total. The largest absolute Gasteiger partial charge is 0.340 e. The summed E-state index contributed by atoms with van der Waals surface area (Å²) in [5, 5.41) is 3.10. The molecule has 132 valence electrons. The Labute approximate surface area is 145 Å². The van der Waals surface area contributed by atoms with Gasteiger partial charge in [-0.2, -0.15) is 0 Å². The molecule has 0 radical (unpaired) electrons. The number of nitrogens with one attached hydrogen (secondary N) is 1. The van der Waals surface area contributed by atoms with Crippen molar-refractivity contribution in [2.24, 2.45) is 0 Å². The van der Waals surface area contributed by atoms with E-state index in [1.54, 1.807) is 6.92 Å². The van der Waals surface area contributed by atoms with Crippen molar-refractivity contribution in [2.45, 2.75) is 46.1 Å². The standard InChI is InChI=1S/C19H29N3O2/c1-5-14(2)17-8-6-7-9-18(17)20-19(24)15(3)21-10-12-22(13-11-21)16(4)23/h6-9,14-15H,5,10-13H2,1-4H3,(H,20,24)/t14-,15+/m0/s1. The molecule has 1 fully saturated rings. The first-order valence-corrected chi connectivity index (χ1v) is 8.83. The van der Waals surface area contributed by atoms with Gasteiger partial charge in [-0.15, -0.1) is 0 Å². The van der Waals surface area contributed by atoms with Crippen molar-refractivity contribution in [1.29, 1.82) is 0 Å². The van der Waals surface area contributed by atoms with E-state index in [4.69, 9.17) is 0 Å². The number of carbonyl (C=O) groups excluding carboxylic acids is 2. The lowest BCUT2D eigenvalue weighted by Crippen LogP contribution is -2.53. The van der Waals surface area contributed by atoms with Gasteiger partial charge in [-0.25, -0.2) is 0 Å². The number of anilines is 1. The van der Waals surface area contributed by atoms with Gasteiger partial charge in [0.05, 0.1) is 6.04 Å². The molecule has 0 aliphatic carbocycles. The molecule has 0 aromatic heterocycles. The van der Waals surface area contributed by atoms with Crippen molar-refractivity contribution in [1.82, 2.24) is 9.80 Å². The summed E-state index contributed by atoms with van der Waals surface area (Å²) in [5.74, 6) is 0.534. The molecular weight excluding hydrogens is 302 g/mol. The van der Waals surface area contributed by atoms with Crippen molar-refractivity contribution < 1.29 is 9.59 Å². The van der Waals surface area contributed by atoms with Gasteiger partial charge in [0.25, 0.3) is 0 Å². The lowest BCUT2D eigenvalue weighted by atomic mass is 9.97. The third-order valence-electron chi connectivity index (χ3n) is 5.05. The first kappa shape index (κ1) is 18.5. The van der Waals surface area contributed by atoms with Crippen LogP contribution in [0.1, 0.15) is 45.6 Å². The molecule has 1 heterocycles. The monoisotopic (exact) mass is 331 g/mol. The molecular formula is C19H29N3O2. The number of nitrogens with zero attached hydrogens (tertiary/aromatic N) is 2. The van der Waals surface area contributed by atoms with Gasteiger partial charge in [-0.1, -0.05) is 32.0 Å².